The first kappa shape index (κ1) is 20.8. The fourth-order valence-corrected chi connectivity index (χ4v) is 3.95. The standard InChI is InChI=1S/C22H24N8S/c1-14-10-12-17(13-11-14)30-19(16-8-6-5-7-9-16)27-28-22(30)31-15(2)18-24-20(23)26-21(25-18)29(3)4/h5-13,15H,1-4H3,(H2,23,24,25,26). The summed E-state index contributed by atoms with van der Waals surface area (Å²) in [6.45, 7) is 4.09. The first-order chi connectivity index (χ1) is 14.9. The molecule has 2 heterocycles. The Labute approximate surface area is 185 Å². The average Bonchev–Trinajstić information content (AvgIpc) is 3.18. The summed E-state index contributed by atoms with van der Waals surface area (Å²) >= 11 is 1.53. The first-order valence-electron chi connectivity index (χ1n) is 9.85. The maximum absolute atomic E-state index is 5.91. The van der Waals surface area contributed by atoms with Crippen molar-refractivity contribution in [3.8, 4) is 17.1 Å². The summed E-state index contributed by atoms with van der Waals surface area (Å²) in [7, 11) is 3.74. The van der Waals surface area contributed by atoms with Crippen LogP contribution in [0.4, 0.5) is 11.9 Å². The van der Waals surface area contributed by atoms with Crippen LogP contribution in [0.2, 0.25) is 0 Å². The lowest BCUT2D eigenvalue weighted by Crippen LogP contribution is -2.16. The third-order valence-corrected chi connectivity index (χ3v) is 5.70. The van der Waals surface area contributed by atoms with Crippen molar-refractivity contribution in [3.05, 3.63) is 66.0 Å². The Bertz CT molecular complexity index is 1170. The second-order valence-electron chi connectivity index (χ2n) is 7.35. The minimum atomic E-state index is -0.110. The van der Waals surface area contributed by atoms with E-state index in [1.54, 1.807) is 4.90 Å². The van der Waals surface area contributed by atoms with Gasteiger partial charge in [-0.2, -0.15) is 15.0 Å². The van der Waals surface area contributed by atoms with Crippen molar-refractivity contribution in [2.24, 2.45) is 0 Å². The van der Waals surface area contributed by atoms with Crippen LogP contribution in [0.5, 0.6) is 0 Å². The zero-order valence-electron chi connectivity index (χ0n) is 17.9. The molecule has 2 N–H and O–H groups in total. The Morgan fingerprint density at radius 2 is 1.65 bits per heavy atom. The number of benzene rings is 2. The molecule has 0 saturated heterocycles. The number of anilines is 2. The number of hydrogen-bond donors (Lipinski definition) is 1. The summed E-state index contributed by atoms with van der Waals surface area (Å²) in [6.07, 6.45) is 0. The van der Waals surface area contributed by atoms with Gasteiger partial charge in [0.2, 0.25) is 11.9 Å². The van der Waals surface area contributed by atoms with Crippen molar-refractivity contribution in [1.82, 2.24) is 29.7 Å². The van der Waals surface area contributed by atoms with Gasteiger partial charge in [-0.25, -0.2) is 0 Å². The molecular formula is C22H24N8S. The van der Waals surface area contributed by atoms with Crippen LogP contribution in [0, 0.1) is 6.92 Å². The molecule has 9 heteroatoms. The summed E-state index contributed by atoms with van der Waals surface area (Å²) in [5, 5.41) is 9.64. The smallest absolute Gasteiger partial charge is 0.229 e. The molecule has 158 valence electrons. The van der Waals surface area contributed by atoms with Gasteiger partial charge < -0.3 is 10.6 Å². The van der Waals surface area contributed by atoms with Crippen LogP contribution in [0.1, 0.15) is 23.6 Å². The molecule has 31 heavy (non-hydrogen) atoms. The predicted octanol–water partition coefficient (Wildman–Crippen LogP) is 3.93. The lowest BCUT2D eigenvalue weighted by molar-refractivity contribution is 0.843. The van der Waals surface area contributed by atoms with Crippen LogP contribution < -0.4 is 10.6 Å². The van der Waals surface area contributed by atoms with Crippen LogP contribution in [0.3, 0.4) is 0 Å². The van der Waals surface area contributed by atoms with E-state index < -0.39 is 0 Å². The zero-order chi connectivity index (χ0) is 22.0. The van der Waals surface area contributed by atoms with E-state index in [1.165, 1.54) is 17.3 Å². The maximum Gasteiger partial charge on any atom is 0.229 e. The predicted molar refractivity (Wildman–Crippen MR) is 124 cm³/mol. The third kappa shape index (κ3) is 4.51. The molecule has 0 amide bonds. The molecule has 2 aromatic heterocycles. The Morgan fingerprint density at radius 3 is 2.32 bits per heavy atom. The molecule has 0 radical (unpaired) electrons. The second-order valence-corrected chi connectivity index (χ2v) is 8.66. The molecule has 0 aliphatic carbocycles. The topological polar surface area (TPSA) is 98.6 Å². The Hall–Kier alpha value is -3.46. The number of nitrogen functional groups attached to an aromatic ring is 1. The van der Waals surface area contributed by atoms with Crippen LogP contribution in [-0.4, -0.2) is 43.8 Å². The molecule has 0 aliphatic heterocycles. The number of aromatic nitrogens is 6. The average molecular weight is 433 g/mol. The van der Waals surface area contributed by atoms with E-state index in [0.717, 1.165) is 22.2 Å². The second kappa shape index (κ2) is 8.73. The minimum Gasteiger partial charge on any atom is -0.368 e. The molecule has 0 saturated carbocycles. The monoisotopic (exact) mass is 432 g/mol. The minimum absolute atomic E-state index is 0.110. The molecule has 0 fully saturated rings. The fraction of sp³-hybridized carbons (Fsp3) is 0.227. The molecule has 1 atom stereocenters. The van der Waals surface area contributed by atoms with Gasteiger partial charge in [-0.1, -0.05) is 59.8 Å². The fourth-order valence-electron chi connectivity index (χ4n) is 3.04. The van der Waals surface area contributed by atoms with E-state index in [0.29, 0.717) is 11.8 Å². The third-order valence-electron chi connectivity index (χ3n) is 4.66. The van der Waals surface area contributed by atoms with Gasteiger partial charge in [0.05, 0.1) is 5.25 Å². The summed E-state index contributed by atoms with van der Waals surface area (Å²) in [6, 6.07) is 18.4. The molecule has 4 rings (SSSR count). The summed E-state index contributed by atoms with van der Waals surface area (Å²) in [5.41, 5.74) is 9.09. The highest BCUT2D eigenvalue weighted by Gasteiger charge is 2.21. The normalized spacial score (nSPS) is 12.0. The highest BCUT2D eigenvalue weighted by atomic mass is 32.2. The molecule has 0 aliphatic rings. The summed E-state index contributed by atoms with van der Waals surface area (Å²) < 4.78 is 2.06. The zero-order valence-corrected chi connectivity index (χ0v) is 18.7. The number of rotatable bonds is 6. The van der Waals surface area contributed by atoms with E-state index in [1.807, 2.05) is 51.4 Å². The quantitative estimate of drug-likeness (QED) is 0.458. The van der Waals surface area contributed by atoms with Gasteiger partial charge in [-0.15, -0.1) is 10.2 Å². The van der Waals surface area contributed by atoms with Gasteiger partial charge in [-0.05, 0) is 26.0 Å². The van der Waals surface area contributed by atoms with Crippen LogP contribution in [-0.2, 0) is 0 Å². The van der Waals surface area contributed by atoms with Crippen molar-refractivity contribution in [3.63, 3.8) is 0 Å². The van der Waals surface area contributed by atoms with Crippen LogP contribution in [0.15, 0.2) is 59.8 Å². The van der Waals surface area contributed by atoms with E-state index >= 15 is 0 Å². The molecule has 1 unspecified atom stereocenters. The lowest BCUT2D eigenvalue weighted by Gasteiger charge is -2.15. The Morgan fingerprint density at radius 1 is 0.935 bits per heavy atom. The summed E-state index contributed by atoms with van der Waals surface area (Å²) in [5.74, 6) is 2.11. The van der Waals surface area contributed by atoms with E-state index in [4.69, 9.17) is 5.73 Å². The number of nitrogens with zero attached hydrogens (tertiary/aromatic N) is 7. The van der Waals surface area contributed by atoms with E-state index in [-0.39, 0.29) is 11.2 Å². The molecule has 8 nitrogen and oxygen atoms in total. The van der Waals surface area contributed by atoms with Crippen molar-refractivity contribution >= 4 is 23.7 Å². The van der Waals surface area contributed by atoms with Crippen molar-refractivity contribution in [1.29, 1.82) is 0 Å². The Balaban J connectivity index is 1.75. The van der Waals surface area contributed by atoms with Gasteiger partial charge in [0.25, 0.3) is 0 Å². The Kier molecular flexibility index (Phi) is 5.85. The highest BCUT2D eigenvalue weighted by Crippen LogP contribution is 2.36. The van der Waals surface area contributed by atoms with Gasteiger partial charge in [-0.3, -0.25) is 4.57 Å². The van der Waals surface area contributed by atoms with Gasteiger partial charge in [0.1, 0.15) is 5.82 Å². The highest BCUT2D eigenvalue weighted by molar-refractivity contribution is 7.99. The largest absolute Gasteiger partial charge is 0.368 e. The summed E-state index contributed by atoms with van der Waals surface area (Å²) in [4.78, 5) is 14.9. The lowest BCUT2D eigenvalue weighted by atomic mass is 10.2. The van der Waals surface area contributed by atoms with Crippen LogP contribution >= 0.6 is 11.8 Å². The van der Waals surface area contributed by atoms with Crippen LogP contribution in [0.25, 0.3) is 17.1 Å². The molecule has 0 bridgehead atoms. The molecule has 2 aromatic carbocycles. The number of thioether (sulfide) groups is 1. The van der Waals surface area contributed by atoms with Gasteiger partial charge in [0, 0.05) is 25.3 Å². The van der Waals surface area contributed by atoms with E-state index in [9.17, 15) is 0 Å². The molecule has 4 aromatic rings. The van der Waals surface area contributed by atoms with Gasteiger partial charge >= 0.3 is 0 Å². The number of aryl methyl sites for hydroxylation is 1. The first-order valence-corrected chi connectivity index (χ1v) is 10.7. The number of hydrogen-bond acceptors (Lipinski definition) is 8. The van der Waals surface area contributed by atoms with Crippen molar-refractivity contribution in [2.75, 3.05) is 24.7 Å². The van der Waals surface area contributed by atoms with Gasteiger partial charge in [0.15, 0.2) is 11.0 Å². The maximum atomic E-state index is 5.91. The van der Waals surface area contributed by atoms with Crippen molar-refractivity contribution < 1.29 is 0 Å². The SMILES string of the molecule is Cc1ccc(-n2c(SC(C)c3nc(N)nc(N(C)C)n3)nnc2-c2ccccc2)cc1. The van der Waals surface area contributed by atoms with Crippen molar-refractivity contribution in [2.45, 2.75) is 24.3 Å². The number of nitrogens with two attached hydrogens (primary N) is 1. The van der Waals surface area contributed by atoms with E-state index in [2.05, 4.69) is 60.9 Å². The molecule has 0 spiro atoms. The molecular weight excluding hydrogens is 408 g/mol.